The summed E-state index contributed by atoms with van der Waals surface area (Å²) < 4.78 is 5.98. The van der Waals surface area contributed by atoms with Crippen molar-refractivity contribution in [3.63, 3.8) is 0 Å². The lowest BCUT2D eigenvalue weighted by atomic mass is 10.2. The number of carbonyl (C=O) groups excluding carboxylic acids is 1. The lowest BCUT2D eigenvalue weighted by Crippen LogP contribution is -2.35. The third-order valence-electron chi connectivity index (χ3n) is 3.05. The number of nitrogens with one attached hydrogen (secondary N) is 2. The molecule has 0 aliphatic carbocycles. The Labute approximate surface area is 114 Å². The first-order valence-electron chi connectivity index (χ1n) is 5.80. The van der Waals surface area contributed by atoms with Crippen molar-refractivity contribution >= 4 is 27.5 Å². The second kappa shape index (κ2) is 5.77. The Morgan fingerprint density at radius 3 is 3.00 bits per heavy atom. The Morgan fingerprint density at radius 1 is 1.61 bits per heavy atom. The first kappa shape index (κ1) is 13.5. The molecule has 18 heavy (non-hydrogen) atoms. The summed E-state index contributed by atoms with van der Waals surface area (Å²) in [5.41, 5.74) is 1.53. The summed E-state index contributed by atoms with van der Waals surface area (Å²) >= 11 is 3.29. The first-order chi connectivity index (χ1) is 8.60. The number of amides is 1. The highest BCUT2D eigenvalue weighted by Crippen LogP contribution is 2.18. The summed E-state index contributed by atoms with van der Waals surface area (Å²) in [7, 11) is 1.66. The molecule has 5 nitrogen and oxygen atoms in total. The van der Waals surface area contributed by atoms with E-state index in [0.717, 1.165) is 16.0 Å². The number of halogens is 1. The molecule has 1 aliphatic rings. The monoisotopic (exact) mass is 313 g/mol. The fourth-order valence-corrected chi connectivity index (χ4v) is 2.36. The predicted molar refractivity (Wildman–Crippen MR) is 72.5 cm³/mol. The number of hydrogen-bond donors (Lipinski definition) is 2. The van der Waals surface area contributed by atoms with Gasteiger partial charge in [-0.25, -0.2) is 4.98 Å². The van der Waals surface area contributed by atoms with Gasteiger partial charge in [0, 0.05) is 13.7 Å². The van der Waals surface area contributed by atoms with Crippen molar-refractivity contribution in [2.75, 3.05) is 19.0 Å². The fraction of sp³-hybridized carbons (Fsp3) is 0.500. The van der Waals surface area contributed by atoms with Gasteiger partial charge in [0.25, 0.3) is 0 Å². The molecule has 2 N–H and O–H groups in total. The van der Waals surface area contributed by atoms with Gasteiger partial charge in [-0.3, -0.25) is 4.79 Å². The van der Waals surface area contributed by atoms with Crippen molar-refractivity contribution in [3.8, 4) is 0 Å². The van der Waals surface area contributed by atoms with E-state index in [0.29, 0.717) is 13.0 Å². The van der Waals surface area contributed by atoms with Gasteiger partial charge in [-0.2, -0.15) is 0 Å². The van der Waals surface area contributed by atoms with E-state index in [9.17, 15) is 4.79 Å². The first-order valence-corrected chi connectivity index (χ1v) is 6.59. The summed E-state index contributed by atoms with van der Waals surface area (Å²) in [6.07, 6.45) is 0.815. The van der Waals surface area contributed by atoms with E-state index in [1.54, 1.807) is 7.11 Å². The van der Waals surface area contributed by atoms with Gasteiger partial charge in [-0.15, -0.1) is 0 Å². The van der Waals surface area contributed by atoms with Crippen LogP contribution in [-0.2, 0) is 9.53 Å². The molecule has 0 saturated carbocycles. The molecular weight excluding hydrogens is 298 g/mol. The van der Waals surface area contributed by atoms with E-state index in [2.05, 4.69) is 31.5 Å². The zero-order valence-corrected chi connectivity index (χ0v) is 12.0. The highest BCUT2D eigenvalue weighted by atomic mass is 79.9. The Kier molecular flexibility index (Phi) is 4.31. The lowest BCUT2D eigenvalue weighted by molar-refractivity contribution is -0.118. The maximum atomic E-state index is 12.0. The highest BCUT2D eigenvalue weighted by Gasteiger charge is 2.29. The Hall–Kier alpha value is -0.980. The van der Waals surface area contributed by atoms with Crippen LogP contribution in [0.15, 0.2) is 16.7 Å². The SMILES string of the molecule is COC1CNC(C(=O)Nc2ccc(Br)nc2C)C1. The largest absolute Gasteiger partial charge is 0.380 e. The van der Waals surface area contributed by atoms with Gasteiger partial charge in [-0.05, 0) is 41.4 Å². The summed E-state index contributed by atoms with van der Waals surface area (Å²) in [6, 6.07) is 3.45. The standard InChI is InChI=1S/C12H16BrN3O2/c1-7-9(3-4-11(13)15-7)16-12(17)10-5-8(18-2)6-14-10/h3-4,8,10,14H,5-6H2,1-2H3,(H,16,17). The summed E-state index contributed by atoms with van der Waals surface area (Å²) in [6.45, 7) is 2.58. The van der Waals surface area contributed by atoms with Crippen LogP contribution in [0.5, 0.6) is 0 Å². The molecule has 1 amide bonds. The van der Waals surface area contributed by atoms with E-state index in [4.69, 9.17) is 4.74 Å². The third-order valence-corrected chi connectivity index (χ3v) is 3.49. The number of aryl methyl sites for hydroxylation is 1. The molecule has 98 valence electrons. The van der Waals surface area contributed by atoms with Crippen LogP contribution in [0.25, 0.3) is 0 Å². The topological polar surface area (TPSA) is 63.2 Å². The van der Waals surface area contributed by atoms with Crippen molar-refractivity contribution in [3.05, 3.63) is 22.4 Å². The Bertz CT molecular complexity index is 453. The zero-order chi connectivity index (χ0) is 13.1. The number of carbonyl (C=O) groups is 1. The number of rotatable bonds is 3. The average Bonchev–Trinajstić information content (AvgIpc) is 2.81. The van der Waals surface area contributed by atoms with Crippen LogP contribution in [0.1, 0.15) is 12.1 Å². The van der Waals surface area contributed by atoms with E-state index in [1.165, 1.54) is 0 Å². The number of anilines is 1. The smallest absolute Gasteiger partial charge is 0.241 e. The van der Waals surface area contributed by atoms with Gasteiger partial charge in [0.05, 0.1) is 23.5 Å². The minimum Gasteiger partial charge on any atom is -0.380 e. The van der Waals surface area contributed by atoms with E-state index < -0.39 is 0 Å². The molecule has 0 bridgehead atoms. The van der Waals surface area contributed by atoms with Crippen LogP contribution in [0.4, 0.5) is 5.69 Å². The number of pyridine rings is 1. The van der Waals surface area contributed by atoms with E-state index in [1.807, 2.05) is 19.1 Å². The van der Waals surface area contributed by atoms with Gasteiger partial charge in [-0.1, -0.05) is 0 Å². The molecule has 2 atom stereocenters. The molecule has 2 unspecified atom stereocenters. The number of nitrogens with zero attached hydrogens (tertiary/aromatic N) is 1. The maximum Gasteiger partial charge on any atom is 0.241 e. The summed E-state index contributed by atoms with van der Waals surface area (Å²) in [5.74, 6) is -0.0400. The van der Waals surface area contributed by atoms with Gasteiger partial charge < -0.3 is 15.4 Å². The number of ether oxygens (including phenoxy) is 1. The van der Waals surface area contributed by atoms with Gasteiger partial charge >= 0.3 is 0 Å². The van der Waals surface area contributed by atoms with Crippen LogP contribution < -0.4 is 10.6 Å². The molecule has 2 heterocycles. The minimum atomic E-state index is -0.196. The molecule has 1 aliphatic heterocycles. The molecule has 0 spiro atoms. The summed E-state index contributed by atoms with van der Waals surface area (Å²) in [5, 5.41) is 6.03. The number of hydrogen-bond acceptors (Lipinski definition) is 4. The van der Waals surface area contributed by atoms with Crippen molar-refractivity contribution < 1.29 is 9.53 Å². The zero-order valence-electron chi connectivity index (χ0n) is 10.4. The molecule has 1 aromatic rings. The quantitative estimate of drug-likeness (QED) is 0.830. The normalized spacial score (nSPS) is 23.1. The second-order valence-electron chi connectivity index (χ2n) is 4.31. The maximum absolute atomic E-state index is 12.0. The molecule has 6 heteroatoms. The Morgan fingerprint density at radius 2 is 2.39 bits per heavy atom. The number of methoxy groups -OCH3 is 1. The predicted octanol–water partition coefficient (Wildman–Crippen LogP) is 1.47. The molecule has 0 radical (unpaired) electrons. The third kappa shape index (κ3) is 3.07. The van der Waals surface area contributed by atoms with Crippen LogP contribution in [0.3, 0.4) is 0 Å². The van der Waals surface area contributed by atoms with Crippen LogP contribution in [0.2, 0.25) is 0 Å². The molecule has 1 aromatic heterocycles. The molecule has 1 fully saturated rings. The molecular formula is C12H16BrN3O2. The van der Waals surface area contributed by atoms with Crippen LogP contribution >= 0.6 is 15.9 Å². The Balaban J connectivity index is 1.99. The van der Waals surface area contributed by atoms with Crippen molar-refractivity contribution in [1.29, 1.82) is 0 Å². The van der Waals surface area contributed by atoms with Gasteiger partial charge in [0.2, 0.25) is 5.91 Å². The van der Waals surface area contributed by atoms with Crippen LogP contribution in [0, 0.1) is 6.92 Å². The number of aromatic nitrogens is 1. The second-order valence-corrected chi connectivity index (χ2v) is 5.12. The molecule has 2 rings (SSSR count). The van der Waals surface area contributed by atoms with Gasteiger partial charge in [0.15, 0.2) is 0 Å². The van der Waals surface area contributed by atoms with Crippen molar-refractivity contribution in [1.82, 2.24) is 10.3 Å². The molecule has 1 saturated heterocycles. The minimum absolute atomic E-state index is 0.0400. The fourth-order valence-electron chi connectivity index (χ4n) is 1.96. The van der Waals surface area contributed by atoms with Crippen molar-refractivity contribution in [2.45, 2.75) is 25.5 Å². The summed E-state index contributed by atoms with van der Waals surface area (Å²) in [4.78, 5) is 16.3. The average molecular weight is 314 g/mol. The lowest BCUT2D eigenvalue weighted by Gasteiger charge is -2.12. The molecule has 0 aromatic carbocycles. The van der Waals surface area contributed by atoms with Crippen LogP contribution in [-0.4, -0.2) is 36.7 Å². The van der Waals surface area contributed by atoms with Crippen molar-refractivity contribution in [2.24, 2.45) is 0 Å². The van der Waals surface area contributed by atoms with E-state index in [-0.39, 0.29) is 18.1 Å². The van der Waals surface area contributed by atoms with Gasteiger partial charge in [0.1, 0.15) is 4.60 Å². The van der Waals surface area contributed by atoms with E-state index >= 15 is 0 Å². The highest BCUT2D eigenvalue weighted by molar-refractivity contribution is 9.10.